The molecule has 3 rings (SSSR count). The largest absolute Gasteiger partial charge is 0.342 e. The number of aromatic nitrogens is 2. The highest BCUT2D eigenvalue weighted by Crippen LogP contribution is 2.24. The van der Waals surface area contributed by atoms with Gasteiger partial charge in [-0.2, -0.15) is 0 Å². The van der Waals surface area contributed by atoms with Crippen LogP contribution in [0.3, 0.4) is 0 Å². The summed E-state index contributed by atoms with van der Waals surface area (Å²) < 4.78 is 2.68. The number of allylic oxidation sites excluding steroid dienone is 2. The van der Waals surface area contributed by atoms with Crippen LogP contribution in [0.25, 0.3) is 0 Å². The average Bonchev–Trinajstić information content (AvgIpc) is 2.79. The summed E-state index contributed by atoms with van der Waals surface area (Å²) >= 11 is 6.97. The molecule has 2 aromatic rings. The van der Waals surface area contributed by atoms with Crippen molar-refractivity contribution in [3.05, 3.63) is 68.2 Å². The third-order valence-electron chi connectivity index (χ3n) is 3.58. The zero-order valence-corrected chi connectivity index (χ0v) is 13.2. The molecule has 0 spiro atoms. The average molecular weight is 336 g/mol. The Morgan fingerprint density at radius 2 is 2.00 bits per heavy atom. The lowest BCUT2D eigenvalue weighted by atomic mass is 10.0. The summed E-state index contributed by atoms with van der Waals surface area (Å²) in [5.41, 5.74) is 0.913. The first kappa shape index (κ1) is 15.0. The smallest absolute Gasteiger partial charge is 0.304 e. The quantitative estimate of drug-likeness (QED) is 0.874. The molecule has 22 heavy (non-hydrogen) atoms. The van der Waals surface area contributed by atoms with Crippen molar-refractivity contribution < 1.29 is 0 Å². The molecule has 0 saturated carbocycles. The van der Waals surface area contributed by atoms with Crippen molar-refractivity contribution in [2.75, 3.05) is 0 Å². The summed E-state index contributed by atoms with van der Waals surface area (Å²) in [6.07, 6.45) is 3.80. The fourth-order valence-corrected chi connectivity index (χ4v) is 3.52. The molecule has 5 nitrogen and oxygen atoms in total. The molecular weight excluding hydrogens is 322 g/mol. The first-order chi connectivity index (χ1) is 10.6. The van der Waals surface area contributed by atoms with Crippen molar-refractivity contribution in [2.45, 2.75) is 24.4 Å². The van der Waals surface area contributed by atoms with Crippen molar-refractivity contribution in [3.8, 4) is 0 Å². The minimum atomic E-state index is -0.429. The van der Waals surface area contributed by atoms with Gasteiger partial charge < -0.3 is 5.41 Å². The van der Waals surface area contributed by atoms with Gasteiger partial charge in [-0.05, 0) is 18.1 Å². The van der Waals surface area contributed by atoms with E-state index < -0.39 is 5.38 Å². The van der Waals surface area contributed by atoms with Crippen molar-refractivity contribution in [3.63, 3.8) is 0 Å². The van der Waals surface area contributed by atoms with Crippen molar-refractivity contribution in [1.29, 1.82) is 5.41 Å². The van der Waals surface area contributed by atoms with Gasteiger partial charge in [0.2, 0.25) is 0 Å². The van der Waals surface area contributed by atoms with Crippen molar-refractivity contribution in [1.82, 2.24) is 8.52 Å². The molecule has 1 aliphatic carbocycles. The first-order valence-corrected chi connectivity index (χ1v) is 8.04. The molecule has 114 valence electrons. The fourth-order valence-electron chi connectivity index (χ4n) is 2.39. The molecule has 0 saturated heterocycles. The van der Waals surface area contributed by atoms with E-state index in [1.165, 1.54) is 8.52 Å². The number of rotatable bonds is 3. The SMILES string of the molecule is N=C1C=CC(n2sc(=O)n(Cc3ccccc3)c2=O)CC1Cl. The molecule has 2 unspecified atom stereocenters. The van der Waals surface area contributed by atoms with Gasteiger partial charge in [0, 0.05) is 17.2 Å². The maximum Gasteiger partial charge on any atom is 0.342 e. The number of alkyl halides is 1. The van der Waals surface area contributed by atoms with Crippen LogP contribution in [0.4, 0.5) is 0 Å². The highest BCUT2D eigenvalue weighted by Gasteiger charge is 2.24. The number of halogens is 1. The van der Waals surface area contributed by atoms with Crippen LogP contribution in [-0.2, 0) is 6.54 Å². The zero-order valence-electron chi connectivity index (χ0n) is 11.6. The molecule has 0 radical (unpaired) electrons. The highest BCUT2D eigenvalue weighted by atomic mass is 35.5. The number of nitrogens with one attached hydrogen (secondary N) is 1. The molecule has 0 fully saturated rings. The molecule has 1 heterocycles. The van der Waals surface area contributed by atoms with Crippen LogP contribution in [0.2, 0.25) is 0 Å². The maximum atomic E-state index is 12.5. The third-order valence-corrected chi connectivity index (χ3v) is 5.00. The first-order valence-electron chi connectivity index (χ1n) is 6.83. The van der Waals surface area contributed by atoms with E-state index in [0.29, 0.717) is 12.1 Å². The van der Waals surface area contributed by atoms with E-state index in [1.807, 2.05) is 30.3 Å². The third kappa shape index (κ3) is 2.84. The van der Waals surface area contributed by atoms with E-state index in [9.17, 15) is 9.59 Å². The number of nitrogens with zero attached hydrogens (tertiary/aromatic N) is 2. The molecule has 1 aromatic heterocycles. The van der Waals surface area contributed by atoms with Crippen LogP contribution in [0.15, 0.2) is 52.1 Å². The standard InChI is InChI=1S/C15H14ClN3O2S/c16-12-8-11(6-7-13(12)17)19-14(20)18(15(21)22-19)9-10-4-2-1-3-5-10/h1-7,11-12,17H,8-9H2. The van der Waals surface area contributed by atoms with E-state index in [-0.39, 0.29) is 23.1 Å². The summed E-state index contributed by atoms with van der Waals surface area (Å²) in [4.78, 5) is 24.3. The normalized spacial score (nSPS) is 21.2. The summed E-state index contributed by atoms with van der Waals surface area (Å²) in [7, 11) is 0. The van der Waals surface area contributed by atoms with Gasteiger partial charge >= 0.3 is 10.6 Å². The van der Waals surface area contributed by atoms with Crippen LogP contribution in [0.1, 0.15) is 18.0 Å². The van der Waals surface area contributed by atoms with E-state index in [2.05, 4.69) is 0 Å². The lowest BCUT2D eigenvalue weighted by Crippen LogP contribution is -2.32. The molecule has 0 aliphatic heterocycles. The van der Waals surface area contributed by atoms with E-state index in [0.717, 1.165) is 17.1 Å². The Bertz CT molecular complexity index is 834. The minimum Gasteiger partial charge on any atom is -0.304 e. The van der Waals surface area contributed by atoms with Gasteiger partial charge in [0.05, 0.1) is 18.0 Å². The van der Waals surface area contributed by atoms with E-state index in [4.69, 9.17) is 17.0 Å². The van der Waals surface area contributed by atoms with Crippen LogP contribution in [0, 0.1) is 5.41 Å². The zero-order chi connectivity index (χ0) is 15.7. The van der Waals surface area contributed by atoms with Crippen molar-refractivity contribution >= 4 is 28.8 Å². The Morgan fingerprint density at radius 1 is 1.27 bits per heavy atom. The predicted octanol–water partition coefficient (Wildman–Crippen LogP) is 2.25. The van der Waals surface area contributed by atoms with Crippen LogP contribution in [0.5, 0.6) is 0 Å². The molecular formula is C15H14ClN3O2S. The Balaban J connectivity index is 1.94. The molecule has 2 atom stereocenters. The lowest BCUT2D eigenvalue weighted by molar-refractivity contribution is 0.561. The molecule has 0 amide bonds. The van der Waals surface area contributed by atoms with E-state index >= 15 is 0 Å². The van der Waals surface area contributed by atoms with Crippen LogP contribution in [-0.4, -0.2) is 19.6 Å². The topological polar surface area (TPSA) is 67.8 Å². The lowest BCUT2D eigenvalue weighted by Gasteiger charge is -2.20. The second kappa shape index (κ2) is 6.06. The molecule has 1 aromatic carbocycles. The van der Waals surface area contributed by atoms with Crippen LogP contribution < -0.4 is 10.6 Å². The Labute approximate surface area is 135 Å². The van der Waals surface area contributed by atoms with E-state index in [1.54, 1.807) is 12.2 Å². The second-order valence-corrected chi connectivity index (χ2v) is 6.57. The summed E-state index contributed by atoms with van der Waals surface area (Å²) in [5, 5.41) is 7.20. The number of hydrogen-bond donors (Lipinski definition) is 1. The Kier molecular flexibility index (Phi) is 4.13. The number of hydrogen-bond acceptors (Lipinski definition) is 4. The molecule has 7 heteroatoms. The van der Waals surface area contributed by atoms with Gasteiger partial charge in [0.1, 0.15) is 0 Å². The van der Waals surface area contributed by atoms with Gasteiger partial charge in [-0.3, -0.25) is 4.79 Å². The second-order valence-electron chi connectivity index (χ2n) is 5.12. The Morgan fingerprint density at radius 3 is 2.68 bits per heavy atom. The van der Waals surface area contributed by atoms with Gasteiger partial charge in [-0.1, -0.05) is 36.4 Å². The van der Waals surface area contributed by atoms with Gasteiger partial charge in [0.15, 0.2) is 0 Å². The molecule has 0 bridgehead atoms. The summed E-state index contributed by atoms with van der Waals surface area (Å²) in [6.45, 7) is 0.262. The maximum absolute atomic E-state index is 12.5. The van der Waals surface area contributed by atoms with Gasteiger partial charge in [0.25, 0.3) is 0 Å². The number of benzene rings is 1. The summed E-state index contributed by atoms with van der Waals surface area (Å²) in [6, 6.07) is 9.13. The minimum absolute atomic E-state index is 0.262. The Hall–Kier alpha value is -1.92. The highest BCUT2D eigenvalue weighted by molar-refractivity contribution is 7.03. The summed E-state index contributed by atoms with van der Waals surface area (Å²) in [5.74, 6) is 0. The van der Waals surface area contributed by atoms with Gasteiger partial charge in [-0.25, -0.2) is 13.3 Å². The molecule has 1 N–H and O–H groups in total. The fraction of sp³-hybridized carbons (Fsp3) is 0.267. The van der Waals surface area contributed by atoms with Gasteiger partial charge in [-0.15, -0.1) is 11.6 Å². The monoisotopic (exact) mass is 335 g/mol. The van der Waals surface area contributed by atoms with Crippen molar-refractivity contribution in [2.24, 2.45) is 0 Å². The van der Waals surface area contributed by atoms with Crippen LogP contribution >= 0.6 is 23.1 Å². The molecule has 1 aliphatic rings. The predicted molar refractivity (Wildman–Crippen MR) is 88.5 cm³/mol.